The molecule has 0 aromatic heterocycles. The van der Waals surface area contributed by atoms with Gasteiger partial charge in [-0.25, -0.2) is 0 Å². The number of rotatable bonds is 4. The number of β-amino-alcohol motifs (C(OH)–C–C–N with tert-alkyl or cyclic N) is 1. The van der Waals surface area contributed by atoms with Crippen molar-refractivity contribution in [1.29, 1.82) is 0 Å². The molecular weight excluding hydrogens is 258 g/mol. The van der Waals surface area contributed by atoms with Crippen molar-refractivity contribution in [2.75, 3.05) is 13.1 Å². The van der Waals surface area contributed by atoms with E-state index in [0.717, 1.165) is 25.7 Å². The largest absolute Gasteiger partial charge is 0.391 e. The first-order valence-corrected chi connectivity index (χ1v) is 7.44. The number of aliphatic hydroxyl groups is 1. The summed E-state index contributed by atoms with van der Waals surface area (Å²) in [6, 6.07) is -0.670. The Balaban J connectivity index is 2.04. The standard InChI is InChI=1S/C14H25N3O3/c15-9-14(4-2-1-3-5-14)7-12(19)17-8-10(18)6-11(17)13(16)20/h10-11,18H,1-9,15H2,(H2,16,20). The number of hydrogen-bond donors (Lipinski definition) is 3. The molecule has 1 saturated heterocycles. The van der Waals surface area contributed by atoms with Gasteiger partial charge in [0, 0.05) is 19.4 Å². The predicted octanol–water partition coefficient (Wildman–Crippen LogP) is -0.267. The number of amides is 2. The van der Waals surface area contributed by atoms with Crippen LogP contribution in [0.4, 0.5) is 0 Å². The van der Waals surface area contributed by atoms with Gasteiger partial charge in [0.1, 0.15) is 6.04 Å². The maximum Gasteiger partial charge on any atom is 0.240 e. The highest BCUT2D eigenvalue weighted by Gasteiger charge is 2.41. The van der Waals surface area contributed by atoms with Gasteiger partial charge in [-0.05, 0) is 24.8 Å². The van der Waals surface area contributed by atoms with Gasteiger partial charge in [0.05, 0.1) is 6.10 Å². The SMILES string of the molecule is NCC1(CC(=O)N2CC(O)CC2C(N)=O)CCCCC1. The molecule has 0 radical (unpaired) electrons. The van der Waals surface area contributed by atoms with E-state index in [0.29, 0.717) is 13.0 Å². The van der Waals surface area contributed by atoms with E-state index >= 15 is 0 Å². The molecule has 6 heteroatoms. The van der Waals surface area contributed by atoms with Crippen LogP contribution in [0, 0.1) is 5.41 Å². The number of aliphatic hydroxyl groups excluding tert-OH is 1. The minimum Gasteiger partial charge on any atom is -0.391 e. The number of carbonyl (C=O) groups excluding carboxylic acids is 2. The summed E-state index contributed by atoms with van der Waals surface area (Å²) in [7, 11) is 0. The van der Waals surface area contributed by atoms with Crippen LogP contribution in [0.15, 0.2) is 0 Å². The lowest BCUT2D eigenvalue weighted by Gasteiger charge is -2.37. The fourth-order valence-electron chi connectivity index (χ4n) is 3.54. The first-order valence-electron chi connectivity index (χ1n) is 7.44. The molecule has 2 unspecified atom stereocenters. The third-order valence-electron chi connectivity index (χ3n) is 4.80. The fraction of sp³-hybridized carbons (Fsp3) is 0.857. The summed E-state index contributed by atoms with van der Waals surface area (Å²) in [5, 5.41) is 9.67. The quantitative estimate of drug-likeness (QED) is 0.660. The minimum absolute atomic E-state index is 0.0994. The highest BCUT2D eigenvalue weighted by Crippen LogP contribution is 2.39. The molecule has 1 heterocycles. The average molecular weight is 283 g/mol. The van der Waals surface area contributed by atoms with Crippen LogP contribution in [-0.2, 0) is 9.59 Å². The second kappa shape index (κ2) is 6.10. The highest BCUT2D eigenvalue weighted by atomic mass is 16.3. The van der Waals surface area contributed by atoms with Crippen LogP contribution >= 0.6 is 0 Å². The third-order valence-corrected chi connectivity index (χ3v) is 4.80. The van der Waals surface area contributed by atoms with Crippen LogP contribution in [0.25, 0.3) is 0 Å². The van der Waals surface area contributed by atoms with Crippen LogP contribution in [0.3, 0.4) is 0 Å². The van der Waals surface area contributed by atoms with Gasteiger partial charge >= 0.3 is 0 Å². The van der Waals surface area contributed by atoms with E-state index in [1.54, 1.807) is 0 Å². The first kappa shape index (κ1) is 15.3. The summed E-state index contributed by atoms with van der Waals surface area (Å²) in [6.45, 7) is 0.698. The Morgan fingerprint density at radius 2 is 1.90 bits per heavy atom. The second-order valence-electron chi connectivity index (χ2n) is 6.30. The number of nitrogens with two attached hydrogens (primary N) is 2. The molecule has 2 amide bonds. The van der Waals surface area contributed by atoms with Crippen LogP contribution in [-0.4, -0.2) is 47.1 Å². The van der Waals surface area contributed by atoms with E-state index < -0.39 is 18.1 Å². The van der Waals surface area contributed by atoms with Crippen molar-refractivity contribution >= 4 is 11.8 Å². The first-order chi connectivity index (χ1) is 9.47. The molecular formula is C14H25N3O3. The van der Waals surface area contributed by atoms with Gasteiger partial charge in [-0.2, -0.15) is 0 Å². The van der Waals surface area contributed by atoms with E-state index in [2.05, 4.69) is 0 Å². The summed E-state index contributed by atoms with van der Waals surface area (Å²) in [5.41, 5.74) is 11.1. The normalized spacial score (nSPS) is 29.4. The fourth-order valence-corrected chi connectivity index (χ4v) is 3.54. The van der Waals surface area contributed by atoms with Crippen molar-refractivity contribution in [2.24, 2.45) is 16.9 Å². The monoisotopic (exact) mass is 283 g/mol. The lowest BCUT2D eigenvalue weighted by molar-refractivity contribution is -0.139. The Morgan fingerprint density at radius 3 is 2.45 bits per heavy atom. The molecule has 1 saturated carbocycles. The summed E-state index contributed by atoms with van der Waals surface area (Å²) in [5.74, 6) is -0.641. The average Bonchev–Trinajstić information content (AvgIpc) is 2.82. The van der Waals surface area contributed by atoms with E-state index in [1.165, 1.54) is 11.3 Å². The summed E-state index contributed by atoms with van der Waals surface area (Å²) < 4.78 is 0. The Hall–Kier alpha value is -1.14. The maximum absolute atomic E-state index is 12.5. The molecule has 1 aliphatic carbocycles. The van der Waals surface area contributed by atoms with Crippen molar-refractivity contribution in [2.45, 2.75) is 57.1 Å². The summed E-state index contributed by atoms with van der Waals surface area (Å²) >= 11 is 0. The van der Waals surface area contributed by atoms with Gasteiger partial charge in [-0.3, -0.25) is 9.59 Å². The zero-order valence-electron chi connectivity index (χ0n) is 11.9. The van der Waals surface area contributed by atoms with Crippen molar-refractivity contribution in [3.63, 3.8) is 0 Å². The van der Waals surface area contributed by atoms with Crippen LogP contribution in [0.2, 0.25) is 0 Å². The number of likely N-dealkylation sites (tertiary alicyclic amines) is 1. The Morgan fingerprint density at radius 1 is 1.25 bits per heavy atom. The zero-order chi connectivity index (χ0) is 14.8. The highest BCUT2D eigenvalue weighted by molar-refractivity contribution is 5.87. The Bertz CT molecular complexity index is 380. The second-order valence-corrected chi connectivity index (χ2v) is 6.30. The Labute approximate surface area is 119 Å². The number of nitrogens with zero attached hydrogens (tertiary/aromatic N) is 1. The van der Waals surface area contributed by atoms with Crippen LogP contribution in [0.5, 0.6) is 0 Å². The third kappa shape index (κ3) is 3.12. The van der Waals surface area contributed by atoms with E-state index in [1.807, 2.05) is 0 Å². The molecule has 6 nitrogen and oxygen atoms in total. The van der Waals surface area contributed by atoms with Gasteiger partial charge in [0.15, 0.2) is 0 Å². The van der Waals surface area contributed by atoms with Gasteiger partial charge in [0.25, 0.3) is 0 Å². The smallest absolute Gasteiger partial charge is 0.240 e. The number of hydrogen-bond acceptors (Lipinski definition) is 4. The van der Waals surface area contributed by atoms with Crippen molar-refractivity contribution < 1.29 is 14.7 Å². The van der Waals surface area contributed by atoms with E-state index in [-0.39, 0.29) is 24.3 Å². The molecule has 0 aromatic carbocycles. The minimum atomic E-state index is -0.670. The molecule has 5 N–H and O–H groups in total. The lowest BCUT2D eigenvalue weighted by atomic mass is 9.71. The van der Waals surface area contributed by atoms with Gasteiger partial charge in [-0.15, -0.1) is 0 Å². The van der Waals surface area contributed by atoms with Crippen LogP contribution in [0.1, 0.15) is 44.9 Å². The lowest BCUT2D eigenvalue weighted by Crippen LogP contribution is -2.46. The molecule has 0 spiro atoms. The Kier molecular flexibility index (Phi) is 4.65. The predicted molar refractivity (Wildman–Crippen MR) is 74.5 cm³/mol. The van der Waals surface area contributed by atoms with E-state index in [4.69, 9.17) is 11.5 Å². The van der Waals surface area contributed by atoms with Gasteiger partial charge in [-0.1, -0.05) is 19.3 Å². The van der Waals surface area contributed by atoms with Crippen LogP contribution < -0.4 is 11.5 Å². The van der Waals surface area contributed by atoms with E-state index in [9.17, 15) is 14.7 Å². The molecule has 2 rings (SSSR count). The maximum atomic E-state index is 12.5. The molecule has 0 aromatic rings. The summed E-state index contributed by atoms with van der Waals surface area (Å²) in [6.07, 6.45) is 5.29. The molecule has 0 bridgehead atoms. The van der Waals surface area contributed by atoms with Gasteiger partial charge < -0.3 is 21.5 Å². The molecule has 2 fully saturated rings. The number of primary amides is 1. The molecule has 114 valence electrons. The summed E-state index contributed by atoms with van der Waals surface area (Å²) in [4.78, 5) is 25.3. The van der Waals surface area contributed by atoms with Crippen molar-refractivity contribution in [3.8, 4) is 0 Å². The van der Waals surface area contributed by atoms with Crippen molar-refractivity contribution in [3.05, 3.63) is 0 Å². The molecule has 2 aliphatic rings. The number of carbonyl (C=O) groups is 2. The molecule has 1 aliphatic heterocycles. The molecule has 20 heavy (non-hydrogen) atoms. The zero-order valence-corrected chi connectivity index (χ0v) is 11.9. The molecule has 2 atom stereocenters. The topological polar surface area (TPSA) is 110 Å². The van der Waals surface area contributed by atoms with Gasteiger partial charge in [0.2, 0.25) is 11.8 Å². The van der Waals surface area contributed by atoms with Crippen molar-refractivity contribution in [1.82, 2.24) is 4.90 Å².